The highest BCUT2D eigenvalue weighted by Gasteiger charge is 2.39. The van der Waals surface area contributed by atoms with E-state index in [1.54, 1.807) is 6.33 Å². The predicted molar refractivity (Wildman–Crippen MR) is 145 cm³/mol. The van der Waals surface area contributed by atoms with Crippen molar-refractivity contribution in [3.8, 4) is 5.75 Å². The van der Waals surface area contributed by atoms with Crippen LogP contribution in [0.2, 0.25) is 5.02 Å². The van der Waals surface area contributed by atoms with Crippen molar-refractivity contribution in [3.63, 3.8) is 0 Å². The molecule has 0 spiro atoms. The van der Waals surface area contributed by atoms with Crippen molar-refractivity contribution in [2.24, 2.45) is 4.99 Å². The first kappa shape index (κ1) is 23.7. The summed E-state index contributed by atoms with van der Waals surface area (Å²) in [5.41, 5.74) is 4.98. The number of halogens is 1. The molecule has 1 aromatic heterocycles. The fourth-order valence-corrected chi connectivity index (χ4v) is 5.21. The Labute approximate surface area is 220 Å². The van der Waals surface area contributed by atoms with Crippen molar-refractivity contribution < 1.29 is 14.6 Å². The molecule has 1 saturated carbocycles. The molecule has 0 unspecified atom stereocenters. The van der Waals surface area contributed by atoms with Crippen LogP contribution in [0.15, 0.2) is 72.0 Å². The van der Waals surface area contributed by atoms with E-state index in [0.29, 0.717) is 42.5 Å². The van der Waals surface area contributed by atoms with Crippen LogP contribution < -0.4 is 10.1 Å². The van der Waals surface area contributed by atoms with E-state index < -0.39 is 0 Å². The lowest BCUT2D eigenvalue weighted by molar-refractivity contribution is 0.147. The first-order valence-corrected chi connectivity index (χ1v) is 12.8. The zero-order valence-electron chi connectivity index (χ0n) is 20.4. The van der Waals surface area contributed by atoms with Crippen molar-refractivity contribution in [2.45, 2.75) is 51.0 Å². The van der Waals surface area contributed by atoms with E-state index in [-0.39, 0.29) is 18.2 Å². The average Bonchev–Trinajstić information content (AvgIpc) is 3.40. The normalized spacial score (nSPS) is 20.4. The van der Waals surface area contributed by atoms with Crippen LogP contribution in [-0.2, 0) is 17.8 Å². The number of aliphatic hydroxyl groups is 1. The maximum Gasteiger partial charge on any atom is 0.188 e. The summed E-state index contributed by atoms with van der Waals surface area (Å²) in [7, 11) is 0. The van der Waals surface area contributed by atoms with Gasteiger partial charge in [-0.05, 0) is 54.8 Å². The summed E-state index contributed by atoms with van der Waals surface area (Å²) in [6.07, 6.45) is 3.14. The van der Waals surface area contributed by atoms with Gasteiger partial charge in [-0.3, -0.25) is 0 Å². The van der Waals surface area contributed by atoms with Gasteiger partial charge in [0.25, 0.3) is 0 Å². The average molecular weight is 515 g/mol. The van der Waals surface area contributed by atoms with Crippen LogP contribution >= 0.6 is 11.6 Å². The molecule has 1 aliphatic carbocycles. The second-order valence-electron chi connectivity index (χ2n) is 9.67. The summed E-state index contributed by atoms with van der Waals surface area (Å²) in [6.45, 7) is 2.51. The van der Waals surface area contributed by atoms with E-state index in [4.69, 9.17) is 21.1 Å². The van der Waals surface area contributed by atoms with Crippen LogP contribution in [-0.4, -0.2) is 39.2 Å². The predicted octanol–water partition coefficient (Wildman–Crippen LogP) is 5.78. The molecular weight excluding hydrogens is 488 g/mol. The quantitative estimate of drug-likeness (QED) is 0.325. The number of aromatic nitrogens is 2. The van der Waals surface area contributed by atoms with Crippen LogP contribution in [0.1, 0.15) is 29.5 Å². The standard InChI is InChI=1S/C29H27ClN4O3/c1-17-3-2-4-19(9-17)15-36-26-8-6-20(12-23(26)30)33-29-22-10-18(5-7-24(22)31-16-32-29)11-28-34-25-13-21(35)14-27(25)37-28/h2-10,12,16,21,25,27,35H,11,13-15H2,1H3,(H,31,32,33)/t21-,25-,27+/m1/s1. The Morgan fingerprint density at radius 2 is 1.97 bits per heavy atom. The molecule has 37 heavy (non-hydrogen) atoms. The number of benzene rings is 3. The zero-order chi connectivity index (χ0) is 25.4. The largest absolute Gasteiger partial charge is 0.487 e. The van der Waals surface area contributed by atoms with Crippen molar-refractivity contribution in [1.82, 2.24) is 9.97 Å². The van der Waals surface area contributed by atoms with E-state index >= 15 is 0 Å². The molecule has 188 valence electrons. The van der Waals surface area contributed by atoms with Crippen molar-refractivity contribution in [3.05, 3.63) is 88.7 Å². The number of aliphatic imine (C=N–C) groups is 1. The van der Waals surface area contributed by atoms with Gasteiger partial charge in [-0.25, -0.2) is 15.0 Å². The second-order valence-corrected chi connectivity index (χ2v) is 10.1. The molecule has 3 aromatic carbocycles. The number of nitrogens with one attached hydrogen (secondary N) is 1. The van der Waals surface area contributed by atoms with Gasteiger partial charge in [-0.2, -0.15) is 0 Å². The minimum absolute atomic E-state index is 0.000438. The number of fused-ring (bicyclic) bond motifs is 2. The summed E-state index contributed by atoms with van der Waals surface area (Å²) < 4.78 is 11.9. The van der Waals surface area contributed by atoms with E-state index in [0.717, 1.165) is 33.6 Å². The summed E-state index contributed by atoms with van der Waals surface area (Å²) in [5.74, 6) is 2.03. The molecule has 1 fully saturated rings. The third-order valence-electron chi connectivity index (χ3n) is 6.77. The highest BCUT2D eigenvalue weighted by molar-refractivity contribution is 6.32. The fourth-order valence-electron chi connectivity index (χ4n) is 4.98. The number of hydrogen-bond acceptors (Lipinski definition) is 7. The highest BCUT2D eigenvalue weighted by Crippen LogP contribution is 2.33. The third kappa shape index (κ3) is 5.24. The highest BCUT2D eigenvalue weighted by atomic mass is 35.5. The van der Waals surface area contributed by atoms with Gasteiger partial charge in [0, 0.05) is 23.9 Å². The molecule has 7 nitrogen and oxygen atoms in total. The van der Waals surface area contributed by atoms with Gasteiger partial charge in [0.2, 0.25) is 0 Å². The van der Waals surface area contributed by atoms with E-state index in [1.807, 2.05) is 42.5 Å². The van der Waals surface area contributed by atoms with Gasteiger partial charge in [-0.15, -0.1) is 0 Å². The van der Waals surface area contributed by atoms with Crippen LogP contribution in [0.25, 0.3) is 10.9 Å². The molecule has 3 atom stereocenters. The summed E-state index contributed by atoms with van der Waals surface area (Å²) >= 11 is 6.54. The Hall–Kier alpha value is -3.68. The molecule has 8 heteroatoms. The summed E-state index contributed by atoms with van der Waals surface area (Å²) in [4.78, 5) is 13.6. The second kappa shape index (κ2) is 10.00. The molecule has 1 aliphatic heterocycles. The van der Waals surface area contributed by atoms with Crippen LogP contribution in [0.4, 0.5) is 11.5 Å². The lowest BCUT2D eigenvalue weighted by Gasteiger charge is -2.13. The minimum Gasteiger partial charge on any atom is -0.487 e. The number of aryl methyl sites for hydroxylation is 1. The Balaban J connectivity index is 1.17. The molecule has 2 aliphatic rings. The third-order valence-corrected chi connectivity index (χ3v) is 7.07. The van der Waals surface area contributed by atoms with Crippen molar-refractivity contribution in [1.29, 1.82) is 0 Å². The molecule has 6 rings (SSSR count). The van der Waals surface area contributed by atoms with E-state index in [9.17, 15) is 5.11 Å². The summed E-state index contributed by atoms with van der Waals surface area (Å²) in [6, 6.07) is 20.0. The minimum atomic E-state index is -0.311. The smallest absolute Gasteiger partial charge is 0.188 e. The lowest BCUT2D eigenvalue weighted by atomic mass is 10.1. The Morgan fingerprint density at radius 3 is 2.81 bits per heavy atom. The van der Waals surface area contributed by atoms with Gasteiger partial charge in [0.15, 0.2) is 5.90 Å². The fraction of sp³-hybridized carbons (Fsp3) is 0.276. The first-order chi connectivity index (χ1) is 18.0. The van der Waals surface area contributed by atoms with E-state index in [2.05, 4.69) is 45.4 Å². The molecule has 2 heterocycles. The van der Waals surface area contributed by atoms with Crippen LogP contribution in [0.3, 0.4) is 0 Å². The van der Waals surface area contributed by atoms with E-state index in [1.165, 1.54) is 5.56 Å². The topological polar surface area (TPSA) is 88.9 Å². The van der Waals surface area contributed by atoms with Gasteiger partial charge in [0.1, 0.15) is 30.6 Å². The molecule has 0 amide bonds. The summed E-state index contributed by atoms with van der Waals surface area (Å²) in [5, 5.41) is 14.6. The Kier molecular flexibility index (Phi) is 6.40. The van der Waals surface area contributed by atoms with Gasteiger partial charge < -0.3 is 19.9 Å². The number of nitrogens with zero attached hydrogens (tertiary/aromatic N) is 3. The SMILES string of the molecule is Cc1cccc(COc2ccc(Nc3ncnc4ccc(CC5=N[C@@H]6C[C@@H](O)C[C@@H]6O5)cc34)cc2Cl)c1. The first-order valence-electron chi connectivity index (χ1n) is 12.4. The number of rotatable bonds is 7. The molecule has 0 radical (unpaired) electrons. The molecule has 2 N–H and O–H groups in total. The van der Waals surface area contributed by atoms with Crippen LogP contribution in [0, 0.1) is 6.92 Å². The van der Waals surface area contributed by atoms with Gasteiger partial charge >= 0.3 is 0 Å². The molecule has 0 bridgehead atoms. The molecule has 4 aromatic rings. The molecule has 0 saturated heterocycles. The number of anilines is 2. The maximum absolute atomic E-state index is 9.81. The van der Waals surface area contributed by atoms with Crippen LogP contribution in [0.5, 0.6) is 5.75 Å². The Morgan fingerprint density at radius 1 is 1.05 bits per heavy atom. The Bertz CT molecular complexity index is 1490. The number of aliphatic hydroxyl groups excluding tert-OH is 1. The van der Waals surface area contributed by atoms with Crippen molar-refractivity contribution in [2.75, 3.05) is 5.32 Å². The monoisotopic (exact) mass is 514 g/mol. The maximum atomic E-state index is 9.81. The van der Waals surface area contributed by atoms with Crippen molar-refractivity contribution >= 4 is 39.9 Å². The number of hydrogen-bond donors (Lipinski definition) is 2. The zero-order valence-corrected chi connectivity index (χ0v) is 21.2. The number of ether oxygens (including phenoxy) is 2. The molecular formula is C29H27ClN4O3. The van der Waals surface area contributed by atoms with Gasteiger partial charge in [-0.1, -0.05) is 47.5 Å². The van der Waals surface area contributed by atoms with Gasteiger partial charge in [0.05, 0.1) is 22.7 Å². The lowest BCUT2D eigenvalue weighted by Crippen LogP contribution is -2.16.